The minimum atomic E-state index is -0.866. The molecule has 6 heteroatoms. The van der Waals surface area contributed by atoms with E-state index in [1.165, 1.54) is 13.2 Å². The summed E-state index contributed by atoms with van der Waals surface area (Å²) in [5, 5.41) is 0.923. The fraction of sp³-hybridized carbons (Fsp3) is 0.333. The summed E-state index contributed by atoms with van der Waals surface area (Å²) >= 11 is 0. The van der Waals surface area contributed by atoms with Gasteiger partial charge in [0.2, 0.25) is 0 Å². The van der Waals surface area contributed by atoms with Crippen molar-refractivity contribution in [2.45, 2.75) is 40.7 Å². The van der Waals surface area contributed by atoms with Crippen LogP contribution in [0.2, 0.25) is 0 Å². The maximum absolute atomic E-state index is 13.4. The largest absolute Gasteiger partial charge is 0.469 e. The van der Waals surface area contributed by atoms with Gasteiger partial charge < -0.3 is 9.30 Å². The topological polar surface area (TPSA) is 44.1 Å². The number of aromatic nitrogens is 2. The highest BCUT2D eigenvalue weighted by Crippen LogP contribution is 2.25. The van der Waals surface area contributed by atoms with Gasteiger partial charge in [0.15, 0.2) is 11.6 Å². The van der Waals surface area contributed by atoms with Crippen LogP contribution in [-0.2, 0) is 22.5 Å². The Morgan fingerprint density at radius 2 is 1.85 bits per heavy atom. The van der Waals surface area contributed by atoms with Gasteiger partial charge in [-0.15, -0.1) is 0 Å². The minimum absolute atomic E-state index is 0.172. The lowest BCUT2D eigenvalue weighted by molar-refractivity contribution is -0.139. The maximum Gasteiger partial charge on any atom is 0.310 e. The highest BCUT2D eigenvalue weighted by atomic mass is 19.2. The summed E-state index contributed by atoms with van der Waals surface area (Å²) in [5.41, 5.74) is 3.96. The van der Waals surface area contributed by atoms with Crippen LogP contribution < -0.4 is 0 Å². The summed E-state index contributed by atoms with van der Waals surface area (Å²) in [6.07, 6.45) is 2.03. The number of esters is 1. The maximum atomic E-state index is 13.4. The molecule has 0 saturated heterocycles. The van der Waals surface area contributed by atoms with Gasteiger partial charge in [-0.05, 0) is 48.7 Å². The number of rotatable bonds is 4. The number of carbonyl (C=O) groups excluding carboxylic acids is 1. The molecule has 0 saturated carbocycles. The number of hydrogen-bond acceptors (Lipinski definition) is 3. The van der Waals surface area contributed by atoms with Gasteiger partial charge in [0.05, 0.1) is 13.5 Å². The molecule has 144 valence electrons. The first-order valence-electron chi connectivity index (χ1n) is 8.86. The molecule has 27 heavy (non-hydrogen) atoms. The van der Waals surface area contributed by atoms with E-state index in [1.54, 1.807) is 6.07 Å². The average Bonchev–Trinajstić information content (AvgIpc) is 3.05. The molecule has 0 spiro atoms. The van der Waals surface area contributed by atoms with Crippen molar-refractivity contribution < 1.29 is 18.3 Å². The summed E-state index contributed by atoms with van der Waals surface area (Å²) in [4.78, 5) is 16.2. The molecule has 0 aliphatic carbocycles. The van der Waals surface area contributed by atoms with E-state index in [-0.39, 0.29) is 12.4 Å². The van der Waals surface area contributed by atoms with Gasteiger partial charge in [0, 0.05) is 23.8 Å². The Bertz CT molecular complexity index is 964. The summed E-state index contributed by atoms with van der Waals surface area (Å²) in [5.74, 6) is -2.04. The summed E-state index contributed by atoms with van der Waals surface area (Å²) in [7, 11) is 1.36. The van der Waals surface area contributed by atoms with Crippen LogP contribution in [0.4, 0.5) is 8.78 Å². The van der Waals surface area contributed by atoms with E-state index >= 15 is 0 Å². The highest BCUT2D eigenvalue weighted by Gasteiger charge is 2.16. The third-order valence-corrected chi connectivity index (χ3v) is 4.39. The normalized spacial score (nSPS) is 10.5. The average molecular weight is 374 g/mol. The van der Waals surface area contributed by atoms with Crippen LogP contribution in [0.5, 0.6) is 0 Å². The van der Waals surface area contributed by atoms with E-state index in [0.29, 0.717) is 12.1 Å². The Morgan fingerprint density at radius 1 is 1.15 bits per heavy atom. The fourth-order valence-corrected chi connectivity index (χ4v) is 2.98. The van der Waals surface area contributed by atoms with Crippen molar-refractivity contribution in [1.29, 1.82) is 0 Å². The number of halogens is 2. The molecule has 0 fully saturated rings. The molecule has 1 aromatic carbocycles. The third-order valence-electron chi connectivity index (χ3n) is 4.39. The Labute approximate surface area is 157 Å². The van der Waals surface area contributed by atoms with Crippen molar-refractivity contribution in [1.82, 2.24) is 9.55 Å². The zero-order valence-electron chi connectivity index (χ0n) is 16.3. The van der Waals surface area contributed by atoms with Gasteiger partial charge in [-0.3, -0.25) is 4.79 Å². The number of ether oxygens (including phenoxy) is 1. The van der Waals surface area contributed by atoms with E-state index in [2.05, 4.69) is 4.98 Å². The molecule has 0 aliphatic rings. The van der Waals surface area contributed by atoms with Gasteiger partial charge in [-0.25, -0.2) is 13.8 Å². The molecule has 0 bridgehead atoms. The molecule has 2 aromatic heterocycles. The van der Waals surface area contributed by atoms with Crippen molar-refractivity contribution >= 4 is 17.0 Å². The Kier molecular flexibility index (Phi) is 6.66. The Morgan fingerprint density at radius 3 is 2.48 bits per heavy atom. The molecular formula is C21H24F2N2O2. The van der Waals surface area contributed by atoms with Crippen LogP contribution in [0.25, 0.3) is 11.0 Å². The number of nitrogens with zero attached hydrogens (tertiary/aromatic N) is 2. The molecule has 4 nitrogen and oxygen atoms in total. The predicted molar refractivity (Wildman–Crippen MR) is 102 cm³/mol. The molecule has 2 heterocycles. The number of methoxy groups -OCH3 is 1. The van der Waals surface area contributed by atoms with Crippen molar-refractivity contribution in [3.8, 4) is 0 Å². The van der Waals surface area contributed by atoms with Gasteiger partial charge in [-0.1, -0.05) is 19.9 Å². The number of fused-ring (bicyclic) bond motifs is 1. The first-order valence-corrected chi connectivity index (χ1v) is 8.86. The summed E-state index contributed by atoms with van der Waals surface area (Å²) < 4.78 is 33.1. The second kappa shape index (κ2) is 8.75. The zero-order valence-corrected chi connectivity index (χ0v) is 16.3. The van der Waals surface area contributed by atoms with Gasteiger partial charge in [0.1, 0.15) is 5.65 Å². The SMILES string of the molecule is CC.COC(=O)Cc1c(C)nc2c(ccn2Cc2ccc(F)c(F)c2)c1C. The zero-order chi connectivity index (χ0) is 20.1. The highest BCUT2D eigenvalue weighted by molar-refractivity contribution is 5.84. The molecule has 3 aromatic rings. The first kappa shape index (κ1) is 20.6. The van der Waals surface area contributed by atoms with Crippen LogP contribution in [0.15, 0.2) is 30.5 Å². The smallest absolute Gasteiger partial charge is 0.310 e. The van der Waals surface area contributed by atoms with Crippen LogP contribution in [0.3, 0.4) is 0 Å². The second-order valence-corrected chi connectivity index (χ2v) is 5.98. The molecule has 0 atom stereocenters. The quantitative estimate of drug-likeness (QED) is 0.621. The van der Waals surface area contributed by atoms with Gasteiger partial charge >= 0.3 is 5.97 Å². The predicted octanol–water partition coefficient (Wildman–Crippen LogP) is 4.72. The van der Waals surface area contributed by atoms with Crippen LogP contribution in [-0.4, -0.2) is 22.6 Å². The molecule has 3 rings (SSSR count). The van der Waals surface area contributed by atoms with Crippen molar-refractivity contribution in [2.75, 3.05) is 7.11 Å². The molecule has 0 amide bonds. The lowest BCUT2D eigenvalue weighted by Crippen LogP contribution is -2.09. The number of carbonyl (C=O) groups is 1. The lowest BCUT2D eigenvalue weighted by atomic mass is 10.0. The van der Waals surface area contributed by atoms with E-state index in [0.717, 1.165) is 33.9 Å². The van der Waals surface area contributed by atoms with Crippen molar-refractivity contribution in [3.05, 3.63) is 64.5 Å². The van der Waals surface area contributed by atoms with Crippen molar-refractivity contribution in [3.63, 3.8) is 0 Å². The van der Waals surface area contributed by atoms with Crippen LogP contribution in [0.1, 0.15) is 36.2 Å². The number of benzene rings is 1. The first-order chi connectivity index (χ1) is 12.9. The molecular weight excluding hydrogens is 350 g/mol. The minimum Gasteiger partial charge on any atom is -0.469 e. The summed E-state index contributed by atoms with van der Waals surface area (Å²) in [6, 6.07) is 5.77. The van der Waals surface area contributed by atoms with Crippen LogP contribution in [0, 0.1) is 25.5 Å². The standard InChI is InChI=1S/C19H18F2N2O2.C2H6/c1-11-14-6-7-23(10-13-4-5-16(20)17(21)8-13)19(14)22-12(2)15(11)9-18(24)25-3;1-2/h4-8H,9-10H2,1-3H3;1-2H3. The van der Waals surface area contributed by atoms with Gasteiger partial charge in [-0.2, -0.15) is 0 Å². The van der Waals surface area contributed by atoms with E-state index in [9.17, 15) is 13.6 Å². The molecule has 0 radical (unpaired) electrons. The number of aryl methyl sites for hydroxylation is 2. The molecule has 0 aliphatic heterocycles. The second-order valence-electron chi connectivity index (χ2n) is 5.98. The lowest BCUT2D eigenvalue weighted by Gasteiger charge is -2.11. The Hall–Kier alpha value is -2.76. The van der Waals surface area contributed by atoms with E-state index < -0.39 is 11.6 Å². The third kappa shape index (κ3) is 4.32. The number of hydrogen-bond donors (Lipinski definition) is 0. The molecule has 0 unspecified atom stereocenters. The summed E-state index contributed by atoms with van der Waals surface area (Å²) in [6.45, 7) is 8.17. The monoisotopic (exact) mass is 374 g/mol. The van der Waals surface area contributed by atoms with E-state index in [1.807, 2.05) is 44.5 Å². The van der Waals surface area contributed by atoms with Crippen LogP contribution >= 0.6 is 0 Å². The molecule has 0 N–H and O–H groups in total. The van der Waals surface area contributed by atoms with Crippen molar-refractivity contribution in [2.24, 2.45) is 0 Å². The van der Waals surface area contributed by atoms with Gasteiger partial charge in [0.25, 0.3) is 0 Å². The Balaban J connectivity index is 0.00000126. The number of pyridine rings is 1. The van der Waals surface area contributed by atoms with E-state index in [4.69, 9.17) is 4.74 Å². The fourth-order valence-electron chi connectivity index (χ4n) is 2.98.